The number of aliphatic carboxylic acids is 1. The Bertz CT molecular complexity index is 2720. The molecule has 5 aromatic rings. The molecule has 0 atom stereocenters. The number of sulfone groups is 2. The molecule has 2 aliphatic carbocycles. The van der Waals surface area contributed by atoms with Crippen LogP contribution in [-0.2, 0) is 43.5 Å². The van der Waals surface area contributed by atoms with Crippen molar-refractivity contribution in [2.75, 3.05) is 30.3 Å². The molecule has 65 heavy (non-hydrogen) atoms. The van der Waals surface area contributed by atoms with E-state index >= 15 is 0 Å². The second kappa shape index (κ2) is 21.9. The SMILES string of the molecule is C.C.O=C(CNC(=O)OC1c2ccccc2-c2ccccc21)CS(=O)(=O)c1ccc(C(=O)O)cc1.O=C(O)CCCS(=O)(=O)CC(=O)CNC(=O)OC1c2ccccc2-c2ccccc21. The number of alkyl carbamates (subject to hydrolysis) is 2. The van der Waals surface area contributed by atoms with Crippen LogP contribution in [0.4, 0.5) is 9.59 Å². The summed E-state index contributed by atoms with van der Waals surface area (Å²) >= 11 is 0. The van der Waals surface area contributed by atoms with Crippen molar-refractivity contribution in [1.29, 1.82) is 0 Å². The number of carboxylic acid groups (broad SMARTS) is 2. The highest BCUT2D eigenvalue weighted by Gasteiger charge is 2.33. The molecule has 0 unspecified atom stereocenters. The number of hydrogen-bond acceptors (Lipinski definition) is 12. The minimum Gasteiger partial charge on any atom is -0.481 e. The molecule has 0 saturated carbocycles. The average molecular weight is 929 g/mol. The van der Waals surface area contributed by atoms with Gasteiger partial charge in [-0.1, -0.05) is 112 Å². The molecule has 16 nitrogen and oxygen atoms in total. The van der Waals surface area contributed by atoms with Gasteiger partial charge >= 0.3 is 24.1 Å². The van der Waals surface area contributed by atoms with Gasteiger partial charge in [-0.05, 0) is 52.9 Å². The van der Waals surface area contributed by atoms with E-state index < -0.39 is 97.9 Å². The van der Waals surface area contributed by atoms with Crippen molar-refractivity contribution in [2.24, 2.45) is 0 Å². The average Bonchev–Trinajstić information content (AvgIpc) is 3.74. The maximum atomic E-state index is 12.4. The highest BCUT2D eigenvalue weighted by atomic mass is 32.2. The minimum absolute atomic E-state index is 0. The van der Waals surface area contributed by atoms with E-state index in [4.69, 9.17) is 19.7 Å². The molecule has 0 aromatic heterocycles. The number of amides is 2. The number of carbonyl (C=O) groups excluding carboxylic acids is 4. The Labute approximate surface area is 376 Å². The second-order valence-electron chi connectivity index (χ2n) is 14.4. The van der Waals surface area contributed by atoms with Crippen LogP contribution >= 0.6 is 0 Å². The molecule has 18 heteroatoms. The first-order chi connectivity index (χ1) is 30.0. The van der Waals surface area contributed by atoms with Gasteiger partial charge in [-0.3, -0.25) is 14.4 Å². The van der Waals surface area contributed by atoms with Gasteiger partial charge in [0.2, 0.25) is 0 Å². The van der Waals surface area contributed by atoms with Gasteiger partial charge in [0.15, 0.2) is 43.4 Å². The van der Waals surface area contributed by atoms with E-state index in [1.807, 2.05) is 97.1 Å². The van der Waals surface area contributed by atoms with Crippen LogP contribution in [0.2, 0.25) is 0 Å². The summed E-state index contributed by atoms with van der Waals surface area (Å²) in [5.41, 5.74) is 7.11. The monoisotopic (exact) mass is 928 g/mol. The Kier molecular flexibility index (Phi) is 17.0. The van der Waals surface area contributed by atoms with Crippen LogP contribution in [-0.4, -0.2) is 93.1 Å². The molecule has 0 saturated heterocycles. The van der Waals surface area contributed by atoms with Gasteiger partial charge in [-0.25, -0.2) is 31.2 Å². The van der Waals surface area contributed by atoms with Crippen LogP contribution in [0.15, 0.2) is 126 Å². The Morgan fingerprint density at radius 3 is 1.26 bits per heavy atom. The smallest absolute Gasteiger partial charge is 0.408 e. The van der Waals surface area contributed by atoms with Gasteiger partial charge in [0.25, 0.3) is 0 Å². The fourth-order valence-corrected chi connectivity index (χ4v) is 9.64. The van der Waals surface area contributed by atoms with E-state index in [1.165, 1.54) is 0 Å². The van der Waals surface area contributed by atoms with Gasteiger partial charge in [0, 0.05) is 28.7 Å². The molecule has 5 aromatic carbocycles. The predicted molar refractivity (Wildman–Crippen MR) is 241 cm³/mol. The van der Waals surface area contributed by atoms with Gasteiger partial charge in [0.1, 0.15) is 11.5 Å². The lowest BCUT2D eigenvalue weighted by atomic mass is 10.1. The van der Waals surface area contributed by atoms with E-state index in [2.05, 4.69) is 10.6 Å². The Hall–Kier alpha value is -7.18. The van der Waals surface area contributed by atoms with Gasteiger partial charge < -0.3 is 30.3 Å². The highest BCUT2D eigenvalue weighted by molar-refractivity contribution is 7.92. The lowest BCUT2D eigenvalue weighted by molar-refractivity contribution is -0.137. The topological polar surface area (TPSA) is 254 Å². The molecule has 0 radical (unpaired) electrons. The van der Waals surface area contributed by atoms with Crippen LogP contribution in [0.3, 0.4) is 0 Å². The molecule has 0 fully saturated rings. The quantitative estimate of drug-likeness (QED) is 0.0792. The number of fused-ring (bicyclic) bond motifs is 6. The highest BCUT2D eigenvalue weighted by Crippen LogP contribution is 2.46. The lowest BCUT2D eigenvalue weighted by Gasteiger charge is -2.15. The van der Waals surface area contributed by atoms with E-state index in [9.17, 15) is 45.6 Å². The first kappa shape index (κ1) is 50.5. The first-order valence-corrected chi connectivity index (χ1v) is 22.8. The van der Waals surface area contributed by atoms with Crippen LogP contribution in [0.25, 0.3) is 22.3 Å². The third-order valence-electron chi connectivity index (χ3n) is 9.90. The van der Waals surface area contributed by atoms with Gasteiger partial charge in [-0.2, -0.15) is 0 Å². The van der Waals surface area contributed by atoms with Crippen molar-refractivity contribution in [1.82, 2.24) is 10.6 Å². The Morgan fingerprint density at radius 2 is 0.892 bits per heavy atom. The van der Waals surface area contributed by atoms with Crippen LogP contribution in [0, 0.1) is 0 Å². The number of carboxylic acids is 2. The zero-order chi connectivity index (χ0) is 45.3. The zero-order valence-corrected chi connectivity index (χ0v) is 34.9. The first-order valence-electron chi connectivity index (χ1n) is 19.3. The Morgan fingerprint density at radius 1 is 0.523 bits per heavy atom. The van der Waals surface area contributed by atoms with E-state index in [0.29, 0.717) is 0 Å². The Balaban J connectivity index is 0.000000277. The maximum absolute atomic E-state index is 12.4. The number of ketones is 2. The van der Waals surface area contributed by atoms with Crippen LogP contribution < -0.4 is 10.6 Å². The maximum Gasteiger partial charge on any atom is 0.408 e. The number of aromatic carboxylic acids is 1. The van der Waals surface area contributed by atoms with E-state index in [0.717, 1.165) is 68.8 Å². The van der Waals surface area contributed by atoms with Gasteiger partial charge in [0.05, 0.1) is 29.3 Å². The molecule has 2 aliphatic rings. The summed E-state index contributed by atoms with van der Waals surface area (Å²) < 4.78 is 59.6. The summed E-state index contributed by atoms with van der Waals surface area (Å²) in [6, 6.07) is 34.7. The minimum atomic E-state index is -3.99. The summed E-state index contributed by atoms with van der Waals surface area (Å²) in [6.45, 7) is -1.02. The van der Waals surface area contributed by atoms with Crippen molar-refractivity contribution in [3.8, 4) is 22.3 Å². The van der Waals surface area contributed by atoms with Crippen LogP contribution in [0.5, 0.6) is 0 Å². The number of nitrogens with one attached hydrogen (secondary N) is 2. The second-order valence-corrected chi connectivity index (χ2v) is 18.6. The zero-order valence-electron chi connectivity index (χ0n) is 33.3. The molecule has 2 amide bonds. The predicted octanol–water partition coefficient (Wildman–Crippen LogP) is 6.83. The third-order valence-corrected chi connectivity index (χ3v) is 13.3. The molecule has 0 spiro atoms. The number of Topliss-reactive ketones (excluding diaryl/α,β-unsaturated/α-hetero) is 2. The molecule has 342 valence electrons. The van der Waals surface area contributed by atoms with Crippen molar-refractivity contribution in [2.45, 2.75) is 44.8 Å². The molecule has 7 rings (SSSR count). The van der Waals surface area contributed by atoms with Crippen LogP contribution in [0.1, 0.15) is 72.5 Å². The molecule has 0 aliphatic heterocycles. The lowest BCUT2D eigenvalue weighted by Crippen LogP contribution is -2.34. The summed E-state index contributed by atoms with van der Waals surface area (Å²) in [7, 11) is -7.72. The third kappa shape index (κ3) is 12.7. The summed E-state index contributed by atoms with van der Waals surface area (Å²) in [6.07, 6.45) is -3.29. The van der Waals surface area contributed by atoms with Crippen molar-refractivity contribution in [3.05, 3.63) is 149 Å². The molecular formula is C47H48N2O14S2. The van der Waals surface area contributed by atoms with E-state index in [-0.39, 0.29) is 38.2 Å². The fourth-order valence-electron chi connectivity index (χ4n) is 7.07. The van der Waals surface area contributed by atoms with E-state index in [1.54, 1.807) is 0 Å². The van der Waals surface area contributed by atoms with Crippen molar-refractivity contribution >= 4 is 55.4 Å². The number of rotatable bonds is 16. The van der Waals surface area contributed by atoms with Crippen molar-refractivity contribution < 1.29 is 65.3 Å². The number of hydrogen-bond donors (Lipinski definition) is 4. The summed E-state index contributed by atoms with van der Waals surface area (Å²) in [4.78, 5) is 69.9. The van der Waals surface area contributed by atoms with Gasteiger partial charge in [-0.15, -0.1) is 0 Å². The standard InChI is InChI=1S/C24H19NO7S.C21H21NO7S.2CH4/c26-16(14-33(30,31)17-11-9-15(10-12-17)23(27)28)13-25-24(29)32-22-20-7-3-1-5-18(20)19-6-2-4-8-21(19)22;23-14(13-30(27,28)11-5-10-19(24)25)12-22-21(26)29-20-17-8-3-1-6-15(17)16-7-2-4-9-18(16)20;;/h1-12,22H,13-14H2,(H,25,29)(H,27,28);1-4,6-9,20H,5,10-13H2,(H,22,26)(H,24,25);2*1H4. The molecule has 0 heterocycles. The normalized spacial score (nSPS) is 12.2. The summed E-state index contributed by atoms with van der Waals surface area (Å²) in [5.74, 6) is -5.72. The van der Waals surface area contributed by atoms with Crippen molar-refractivity contribution in [3.63, 3.8) is 0 Å². The molecular weight excluding hydrogens is 881 g/mol. The number of benzene rings is 5. The fraction of sp³-hybridized carbons (Fsp3) is 0.234. The largest absolute Gasteiger partial charge is 0.481 e. The number of carbonyl (C=O) groups is 6. The summed E-state index contributed by atoms with van der Waals surface area (Å²) in [5, 5.41) is 22.1. The number of ether oxygens (including phenoxy) is 2. The molecule has 4 N–H and O–H groups in total. The molecule has 0 bridgehead atoms.